The average Bonchev–Trinajstić information content (AvgIpc) is 2.54. The summed E-state index contributed by atoms with van der Waals surface area (Å²) in [5.74, 6) is 0.346. The van der Waals surface area contributed by atoms with E-state index in [-0.39, 0.29) is 11.6 Å². The highest BCUT2D eigenvalue weighted by Gasteiger charge is 2.25. The molecule has 1 amide bonds. The summed E-state index contributed by atoms with van der Waals surface area (Å²) in [5, 5.41) is 14.3. The van der Waals surface area contributed by atoms with Crippen molar-refractivity contribution in [3.05, 3.63) is 39.4 Å². The van der Waals surface area contributed by atoms with Gasteiger partial charge in [0.15, 0.2) is 0 Å². The number of rotatable bonds is 5. The van der Waals surface area contributed by atoms with Gasteiger partial charge >= 0.3 is 0 Å². The van der Waals surface area contributed by atoms with E-state index in [1.54, 1.807) is 12.1 Å². The smallest absolute Gasteiger partial charge is 0.273 e. The molecule has 2 rings (SSSR count). The molecule has 1 unspecified atom stereocenters. The van der Waals surface area contributed by atoms with Crippen LogP contribution in [0, 0.1) is 16.0 Å². The number of nitrogens with one attached hydrogen (secondary N) is 1. The predicted octanol–water partition coefficient (Wildman–Crippen LogP) is 2.23. The lowest BCUT2D eigenvalue weighted by Crippen LogP contribution is -2.42. The van der Waals surface area contributed by atoms with Crippen LogP contribution in [-0.2, 0) is 6.42 Å². The maximum absolute atomic E-state index is 12.6. The first-order valence-electron chi connectivity index (χ1n) is 7.78. The normalized spacial score (nSPS) is 18.3. The number of carbonyl (C=O) groups is 1. The van der Waals surface area contributed by atoms with Crippen LogP contribution in [0.2, 0.25) is 0 Å². The monoisotopic (exact) mass is 305 g/mol. The maximum Gasteiger partial charge on any atom is 0.273 e. The molecule has 0 aromatic heterocycles. The zero-order chi connectivity index (χ0) is 16.1. The number of carbonyl (C=O) groups excluding carboxylic acids is 1. The van der Waals surface area contributed by atoms with E-state index >= 15 is 0 Å². The van der Waals surface area contributed by atoms with Crippen LogP contribution in [0.1, 0.15) is 35.7 Å². The van der Waals surface area contributed by atoms with E-state index in [9.17, 15) is 14.9 Å². The molecule has 0 radical (unpaired) electrons. The molecule has 0 spiro atoms. The second-order valence-corrected chi connectivity index (χ2v) is 5.77. The van der Waals surface area contributed by atoms with Gasteiger partial charge < -0.3 is 10.2 Å². The van der Waals surface area contributed by atoms with Crippen LogP contribution in [0.25, 0.3) is 0 Å². The van der Waals surface area contributed by atoms with Crippen LogP contribution in [-0.4, -0.2) is 42.4 Å². The molecule has 0 bridgehead atoms. The lowest BCUT2D eigenvalue weighted by atomic mass is 9.97. The number of nitrogens with zero attached hydrogens (tertiary/aromatic N) is 2. The van der Waals surface area contributed by atoms with Gasteiger partial charge in [-0.25, -0.2) is 0 Å². The lowest BCUT2D eigenvalue weighted by molar-refractivity contribution is -0.385. The Morgan fingerprint density at radius 1 is 1.50 bits per heavy atom. The van der Waals surface area contributed by atoms with Crippen molar-refractivity contribution in [1.29, 1.82) is 0 Å². The van der Waals surface area contributed by atoms with E-state index in [0.717, 1.165) is 25.9 Å². The standard InChI is InChI=1S/C16H23N3O3/c1-3-13-6-7-14(9-15(13)19(21)22)16(20)18-8-4-5-12(11-18)10-17-2/h6-7,9,12,17H,3-5,8,10-11H2,1-2H3. The SMILES string of the molecule is CCc1ccc(C(=O)N2CCCC(CNC)C2)cc1[N+](=O)[O-]. The Balaban J connectivity index is 2.18. The third kappa shape index (κ3) is 3.62. The van der Waals surface area contributed by atoms with Gasteiger partial charge in [-0.05, 0) is 44.8 Å². The minimum Gasteiger partial charge on any atom is -0.338 e. The summed E-state index contributed by atoms with van der Waals surface area (Å²) in [4.78, 5) is 25.2. The van der Waals surface area contributed by atoms with Gasteiger partial charge in [0.25, 0.3) is 11.6 Å². The largest absolute Gasteiger partial charge is 0.338 e. The van der Waals surface area contributed by atoms with E-state index in [1.165, 1.54) is 6.07 Å². The molecule has 1 saturated heterocycles. The summed E-state index contributed by atoms with van der Waals surface area (Å²) in [6, 6.07) is 4.82. The summed E-state index contributed by atoms with van der Waals surface area (Å²) < 4.78 is 0. The molecule has 1 aromatic rings. The topological polar surface area (TPSA) is 75.5 Å². The number of hydrogen-bond donors (Lipinski definition) is 1. The first kappa shape index (κ1) is 16.4. The third-order valence-electron chi connectivity index (χ3n) is 4.21. The molecular formula is C16H23N3O3. The Morgan fingerprint density at radius 2 is 2.27 bits per heavy atom. The zero-order valence-corrected chi connectivity index (χ0v) is 13.2. The zero-order valence-electron chi connectivity index (χ0n) is 13.2. The number of nitro groups is 1. The molecule has 6 nitrogen and oxygen atoms in total. The van der Waals surface area contributed by atoms with Crippen molar-refractivity contribution in [1.82, 2.24) is 10.2 Å². The molecule has 6 heteroatoms. The van der Waals surface area contributed by atoms with E-state index in [4.69, 9.17) is 0 Å². The van der Waals surface area contributed by atoms with Gasteiger partial charge in [0.05, 0.1) is 4.92 Å². The van der Waals surface area contributed by atoms with Crippen molar-refractivity contribution >= 4 is 11.6 Å². The number of likely N-dealkylation sites (tertiary alicyclic amines) is 1. The molecule has 1 heterocycles. The molecule has 22 heavy (non-hydrogen) atoms. The number of aryl methyl sites for hydroxylation is 1. The molecule has 0 aliphatic carbocycles. The van der Waals surface area contributed by atoms with Crippen LogP contribution in [0.15, 0.2) is 18.2 Å². The summed E-state index contributed by atoms with van der Waals surface area (Å²) >= 11 is 0. The van der Waals surface area contributed by atoms with Crippen LogP contribution in [0.4, 0.5) is 5.69 Å². The minimum absolute atomic E-state index is 0.0390. The molecule has 0 saturated carbocycles. The summed E-state index contributed by atoms with van der Waals surface area (Å²) in [5.41, 5.74) is 1.11. The van der Waals surface area contributed by atoms with E-state index in [0.29, 0.717) is 30.0 Å². The van der Waals surface area contributed by atoms with Gasteiger partial charge in [-0.1, -0.05) is 13.0 Å². The number of nitro benzene ring substituents is 1. The minimum atomic E-state index is -0.407. The van der Waals surface area contributed by atoms with Crippen molar-refractivity contribution < 1.29 is 9.72 Å². The average molecular weight is 305 g/mol. The van der Waals surface area contributed by atoms with Crippen molar-refractivity contribution in [2.45, 2.75) is 26.2 Å². The fraction of sp³-hybridized carbons (Fsp3) is 0.562. The molecule has 1 aromatic carbocycles. The Hall–Kier alpha value is -1.95. The predicted molar refractivity (Wildman–Crippen MR) is 85.0 cm³/mol. The van der Waals surface area contributed by atoms with Crippen molar-refractivity contribution in [2.75, 3.05) is 26.7 Å². The Kier molecular flexibility index (Phi) is 5.49. The highest BCUT2D eigenvalue weighted by atomic mass is 16.6. The second kappa shape index (κ2) is 7.35. The van der Waals surface area contributed by atoms with Crippen molar-refractivity contribution in [3.8, 4) is 0 Å². The molecule has 120 valence electrons. The van der Waals surface area contributed by atoms with E-state index in [2.05, 4.69) is 5.32 Å². The summed E-state index contributed by atoms with van der Waals surface area (Å²) in [7, 11) is 1.91. The maximum atomic E-state index is 12.6. The first-order chi connectivity index (χ1) is 10.6. The van der Waals surface area contributed by atoms with E-state index < -0.39 is 4.92 Å². The summed E-state index contributed by atoms with van der Waals surface area (Å²) in [6.45, 7) is 4.20. The summed E-state index contributed by atoms with van der Waals surface area (Å²) in [6.07, 6.45) is 2.67. The van der Waals surface area contributed by atoms with Gasteiger partial charge in [-0.3, -0.25) is 14.9 Å². The highest BCUT2D eigenvalue weighted by molar-refractivity contribution is 5.95. The molecule has 1 fully saturated rings. The van der Waals surface area contributed by atoms with Crippen molar-refractivity contribution in [3.63, 3.8) is 0 Å². The first-order valence-corrected chi connectivity index (χ1v) is 7.78. The van der Waals surface area contributed by atoms with Gasteiger partial charge in [-0.15, -0.1) is 0 Å². The second-order valence-electron chi connectivity index (χ2n) is 5.77. The lowest BCUT2D eigenvalue weighted by Gasteiger charge is -2.32. The third-order valence-corrected chi connectivity index (χ3v) is 4.21. The van der Waals surface area contributed by atoms with Crippen LogP contribution in [0.5, 0.6) is 0 Å². The molecule has 1 aliphatic rings. The van der Waals surface area contributed by atoms with Crippen molar-refractivity contribution in [2.24, 2.45) is 5.92 Å². The molecule has 1 atom stereocenters. The van der Waals surface area contributed by atoms with Gasteiger partial charge in [0.1, 0.15) is 0 Å². The molecular weight excluding hydrogens is 282 g/mol. The fourth-order valence-corrected chi connectivity index (χ4v) is 3.05. The number of benzene rings is 1. The van der Waals surface area contributed by atoms with Gasteiger partial charge in [0.2, 0.25) is 0 Å². The van der Waals surface area contributed by atoms with E-state index in [1.807, 2.05) is 18.9 Å². The fourth-order valence-electron chi connectivity index (χ4n) is 3.05. The molecule has 1 aliphatic heterocycles. The highest BCUT2D eigenvalue weighted by Crippen LogP contribution is 2.23. The Bertz CT molecular complexity index is 558. The number of amides is 1. The van der Waals surface area contributed by atoms with Crippen LogP contribution < -0.4 is 5.32 Å². The van der Waals surface area contributed by atoms with Gasteiger partial charge in [-0.2, -0.15) is 0 Å². The number of hydrogen-bond acceptors (Lipinski definition) is 4. The Labute approximate surface area is 130 Å². The van der Waals surface area contributed by atoms with Crippen LogP contribution >= 0.6 is 0 Å². The Morgan fingerprint density at radius 3 is 2.91 bits per heavy atom. The van der Waals surface area contributed by atoms with Gasteiger partial charge in [0, 0.05) is 30.3 Å². The number of piperidine rings is 1. The quantitative estimate of drug-likeness (QED) is 0.668. The molecule has 1 N–H and O–H groups in total. The van der Waals surface area contributed by atoms with Crippen LogP contribution in [0.3, 0.4) is 0 Å².